The fraction of sp³-hybridized carbons (Fsp3) is 0.421. The molecule has 2 aromatic rings. The first-order valence-electron chi connectivity index (χ1n) is 8.71. The number of carbonyl (C=O) groups is 2. The van der Waals surface area contributed by atoms with Crippen molar-refractivity contribution in [3.63, 3.8) is 0 Å². The average molecular weight is 356 g/mol. The summed E-state index contributed by atoms with van der Waals surface area (Å²) in [6, 6.07) is 7.52. The van der Waals surface area contributed by atoms with E-state index in [0.717, 1.165) is 24.1 Å². The smallest absolute Gasteiger partial charge is 0.274 e. The number of ether oxygens (including phenoxy) is 1. The van der Waals surface area contributed by atoms with Crippen LogP contribution in [0.25, 0.3) is 5.69 Å². The summed E-state index contributed by atoms with van der Waals surface area (Å²) >= 11 is 0. The number of benzene rings is 1. The van der Waals surface area contributed by atoms with Gasteiger partial charge in [-0.1, -0.05) is 6.07 Å². The van der Waals surface area contributed by atoms with Crippen LogP contribution in [-0.2, 0) is 4.79 Å². The largest absolute Gasteiger partial charge is 0.494 e. The second-order valence-electron chi connectivity index (χ2n) is 6.80. The Morgan fingerprint density at radius 1 is 1.27 bits per heavy atom. The third-order valence-corrected chi connectivity index (χ3v) is 4.93. The van der Waals surface area contributed by atoms with Crippen LogP contribution < -0.4 is 10.5 Å². The zero-order chi connectivity index (χ0) is 18.8. The van der Waals surface area contributed by atoms with E-state index in [4.69, 9.17) is 10.5 Å². The standard InChI is InChI=1S/C19H24N4O3/c1-12-4-7-17(26-3)16(10-12)23-9-8-15(21-23)19(25)22-11-14(18(20)24)6-5-13(22)2/h4,7-10,13-14H,5-6,11H2,1-3H3,(H2,20,24). The Labute approximate surface area is 152 Å². The first-order chi connectivity index (χ1) is 12.4. The summed E-state index contributed by atoms with van der Waals surface area (Å²) in [5.74, 6) is -0.162. The molecule has 1 aliphatic heterocycles. The van der Waals surface area contributed by atoms with Crippen molar-refractivity contribution < 1.29 is 14.3 Å². The first kappa shape index (κ1) is 18.0. The molecule has 7 nitrogen and oxygen atoms in total. The van der Waals surface area contributed by atoms with E-state index in [1.807, 2.05) is 32.0 Å². The molecule has 2 unspecified atom stereocenters. The number of aryl methyl sites for hydroxylation is 1. The molecular weight excluding hydrogens is 332 g/mol. The van der Waals surface area contributed by atoms with E-state index in [-0.39, 0.29) is 23.8 Å². The van der Waals surface area contributed by atoms with E-state index in [1.165, 1.54) is 0 Å². The van der Waals surface area contributed by atoms with E-state index in [0.29, 0.717) is 18.0 Å². The number of likely N-dealkylation sites (tertiary alicyclic amines) is 1. The quantitative estimate of drug-likeness (QED) is 0.906. The SMILES string of the molecule is COc1ccc(C)cc1-n1ccc(C(=O)N2CC(C(N)=O)CCC2C)n1. The molecule has 1 saturated heterocycles. The van der Waals surface area contributed by atoms with Gasteiger partial charge in [0.15, 0.2) is 5.69 Å². The van der Waals surface area contributed by atoms with Crippen molar-refractivity contribution in [2.45, 2.75) is 32.7 Å². The predicted molar refractivity (Wildman–Crippen MR) is 97.3 cm³/mol. The normalized spacial score (nSPS) is 20.0. The number of primary amides is 1. The van der Waals surface area contributed by atoms with Crippen LogP contribution in [-0.4, -0.2) is 46.2 Å². The van der Waals surface area contributed by atoms with E-state index < -0.39 is 0 Å². The zero-order valence-electron chi connectivity index (χ0n) is 15.3. The Balaban J connectivity index is 1.86. The predicted octanol–water partition coefficient (Wildman–Crippen LogP) is 1.92. The molecule has 0 aliphatic carbocycles. The monoisotopic (exact) mass is 356 g/mol. The number of carbonyl (C=O) groups excluding carboxylic acids is 2. The molecule has 138 valence electrons. The zero-order valence-corrected chi connectivity index (χ0v) is 15.3. The molecule has 2 N–H and O–H groups in total. The third-order valence-electron chi connectivity index (χ3n) is 4.93. The Bertz CT molecular complexity index is 830. The summed E-state index contributed by atoms with van der Waals surface area (Å²) in [7, 11) is 1.60. The molecule has 7 heteroatoms. The highest BCUT2D eigenvalue weighted by atomic mass is 16.5. The number of methoxy groups -OCH3 is 1. The lowest BCUT2D eigenvalue weighted by molar-refractivity contribution is -0.123. The van der Waals surface area contributed by atoms with Crippen molar-refractivity contribution in [1.82, 2.24) is 14.7 Å². The van der Waals surface area contributed by atoms with Crippen LogP contribution in [0, 0.1) is 12.8 Å². The molecule has 1 fully saturated rings. The highest BCUT2D eigenvalue weighted by Gasteiger charge is 2.33. The minimum Gasteiger partial charge on any atom is -0.494 e. The summed E-state index contributed by atoms with van der Waals surface area (Å²) < 4.78 is 7.03. The Hall–Kier alpha value is -2.83. The van der Waals surface area contributed by atoms with E-state index in [9.17, 15) is 9.59 Å². The molecule has 1 aromatic heterocycles. The van der Waals surface area contributed by atoms with Gasteiger partial charge >= 0.3 is 0 Å². The highest BCUT2D eigenvalue weighted by molar-refractivity contribution is 5.93. The van der Waals surface area contributed by atoms with Crippen molar-refractivity contribution in [3.8, 4) is 11.4 Å². The second-order valence-corrected chi connectivity index (χ2v) is 6.80. The lowest BCUT2D eigenvalue weighted by Gasteiger charge is -2.36. The lowest BCUT2D eigenvalue weighted by atomic mass is 9.92. The van der Waals surface area contributed by atoms with E-state index in [2.05, 4.69) is 5.10 Å². The van der Waals surface area contributed by atoms with Gasteiger partial charge in [-0.3, -0.25) is 9.59 Å². The Morgan fingerprint density at radius 2 is 2.04 bits per heavy atom. The van der Waals surface area contributed by atoms with Crippen molar-refractivity contribution >= 4 is 11.8 Å². The van der Waals surface area contributed by atoms with Crippen molar-refractivity contribution in [1.29, 1.82) is 0 Å². The molecule has 26 heavy (non-hydrogen) atoms. The van der Waals surface area contributed by atoms with Crippen LogP contribution in [0.2, 0.25) is 0 Å². The molecule has 1 aliphatic rings. The van der Waals surface area contributed by atoms with Crippen molar-refractivity contribution in [2.75, 3.05) is 13.7 Å². The maximum absolute atomic E-state index is 12.9. The number of piperidine rings is 1. The van der Waals surface area contributed by atoms with Crippen LogP contribution >= 0.6 is 0 Å². The molecule has 0 spiro atoms. The molecule has 3 rings (SSSR count). The molecule has 0 radical (unpaired) electrons. The number of rotatable bonds is 4. The van der Waals surface area contributed by atoms with Gasteiger partial charge in [-0.2, -0.15) is 5.10 Å². The maximum Gasteiger partial charge on any atom is 0.274 e. The number of nitrogens with two attached hydrogens (primary N) is 1. The van der Waals surface area contributed by atoms with E-state index in [1.54, 1.807) is 29.0 Å². The summed E-state index contributed by atoms with van der Waals surface area (Å²) in [6.45, 7) is 4.31. The Kier molecular flexibility index (Phi) is 4.97. The van der Waals surface area contributed by atoms with Crippen molar-refractivity contribution in [3.05, 3.63) is 41.7 Å². The maximum atomic E-state index is 12.9. The van der Waals surface area contributed by atoms with Gasteiger partial charge in [0, 0.05) is 18.8 Å². The van der Waals surface area contributed by atoms with Gasteiger partial charge in [-0.15, -0.1) is 0 Å². The molecule has 1 aromatic carbocycles. The van der Waals surface area contributed by atoms with Crippen LogP contribution in [0.3, 0.4) is 0 Å². The number of hydrogen-bond acceptors (Lipinski definition) is 4. The van der Waals surface area contributed by atoms with Gasteiger partial charge in [0.25, 0.3) is 5.91 Å². The number of hydrogen-bond donors (Lipinski definition) is 1. The Morgan fingerprint density at radius 3 is 2.73 bits per heavy atom. The van der Waals surface area contributed by atoms with Gasteiger partial charge in [0.05, 0.1) is 13.0 Å². The second kappa shape index (κ2) is 7.19. The molecular formula is C19H24N4O3. The molecule has 2 amide bonds. The molecule has 0 bridgehead atoms. The highest BCUT2D eigenvalue weighted by Crippen LogP contribution is 2.25. The van der Waals surface area contributed by atoms with Crippen LogP contribution in [0.4, 0.5) is 0 Å². The van der Waals surface area contributed by atoms with Gasteiger partial charge in [-0.05, 0) is 50.5 Å². The number of amides is 2. The van der Waals surface area contributed by atoms with Gasteiger partial charge < -0.3 is 15.4 Å². The van der Waals surface area contributed by atoms with Gasteiger partial charge in [0.1, 0.15) is 11.4 Å². The van der Waals surface area contributed by atoms with Gasteiger partial charge in [0.2, 0.25) is 5.91 Å². The summed E-state index contributed by atoms with van der Waals surface area (Å²) in [4.78, 5) is 26.1. The molecule has 0 saturated carbocycles. The van der Waals surface area contributed by atoms with Gasteiger partial charge in [-0.25, -0.2) is 4.68 Å². The summed E-state index contributed by atoms with van der Waals surface area (Å²) in [5, 5.41) is 4.44. The van der Waals surface area contributed by atoms with Crippen LogP contribution in [0.15, 0.2) is 30.5 Å². The fourth-order valence-corrected chi connectivity index (χ4v) is 3.32. The molecule has 2 atom stereocenters. The first-order valence-corrected chi connectivity index (χ1v) is 8.71. The fourth-order valence-electron chi connectivity index (χ4n) is 3.32. The van der Waals surface area contributed by atoms with Crippen molar-refractivity contribution in [2.24, 2.45) is 11.7 Å². The third kappa shape index (κ3) is 3.42. The topological polar surface area (TPSA) is 90.5 Å². The number of nitrogens with zero attached hydrogens (tertiary/aromatic N) is 3. The van der Waals surface area contributed by atoms with Crippen LogP contribution in [0.1, 0.15) is 35.8 Å². The minimum absolute atomic E-state index is 0.0526. The lowest BCUT2D eigenvalue weighted by Crippen LogP contribution is -2.48. The van der Waals surface area contributed by atoms with Crippen LogP contribution in [0.5, 0.6) is 5.75 Å². The average Bonchev–Trinajstić information content (AvgIpc) is 3.11. The minimum atomic E-state index is -0.357. The number of aromatic nitrogens is 2. The molecule has 2 heterocycles. The van der Waals surface area contributed by atoms with E-state index >= 15 is 0 Å². The summed E-state index contributed by atoms with van der Waals surface area (Å²) in [5.41, 5.74) is 7.61. The summed E-state index contributed by atoms with van der Waals surface area (Å²) in [6.07, 6.45) is 3.21.